The third kappa shape index (κ3) is 3.58. The monoisotopic (exact) mass is 438 g/mol. The van der Waals surface area contributed by atoms with E-state index in [-0.39, 0.29) is 0 Å². The van der Waals surface area contributed by atoms with Crippen LogP contribution in [-0.2, 0) is 0 Å². The molecule has 0 saturated carbocycles. The Bertz CT molecular complexity index is 1250. The lowest BCUT2D eigenvalue weighted by Gasteiger charge is -2.20. The summed E-state index contributed by atoms with van der Waals surface area (Å²) in [7, 11) is 2.18. The number of nitrogens with two attached hydrogens (primary N) is 1. The van der Waals surface area contributed by atoms with Gasteiger partial charge in [-0.25, -0.2) is 14.4 Å². The van der Waals surface area contributed by atoms with Gasteiger partial charge in [-0.15, -0.1) is 0 Å². The van der Waals surface area contributed by atoms with Crippen LogP contribution in [0.3, 0.4) is 0 Å². The van der Waals surface area contributed by atoms with Gasteiger partial charge in [0.1, 0.15) is 17.2 Å². The molecule has 1 aliphatic rings. The Hall–Kier alpha value is -2.90. The molecule has 0 radical (unpaired) electrons. The fourth-order valence-electron chi connectivity index (χ4n) is 4.55. The minimum absolute atomic E-state index is 0.319. The maximum Gasteiger partial charge on any atom is 0.150 e. The minimum Gasteiger partial charge on any atom is -0.385 e. The van der Waals surface area contributed by atoms with Crippen molar-refractivity contribution in [3.05, 3.63) is 53.7 Å². The number of hydrogen-bond acceptors (Lipinski definition) is 5. The van der Waals surface area contributed by atoms with Crippen LogP contribution in [0, 0.1) is 5.82 Å². The zero-order chi connectivity index (χ0) is 21.5. The zero-order valence-electron chi connectivity index (χ0n) is 17.3. The Balaban J connectivity index is 1.62. The molecule has 0 bridgehead atoms. The number of fused-ring (bicyclic) bond motifs is 3. The van der Waals surface area contributed by atoms with Crippen molar-refractivity contribution in [1.82, 2.24) is 19.3 Å². The number of benzene rings is 2. The van der Waals surface area contributed by atoms with Crippen molar-refractivity contribution in [3.63, 3.8) is 0 Å². The molecule has 8 heteroatoms. The van der Waals surface area contributed by atoms with Gasteiger partial charge in [-0.1, -0.05) is 17.7 Å². The molecule has 2 aromatic heterocycles. The summed E-state index contributed by atoms with van der Waals surface area (Å²) in [5.41, 5.74) is 10.1. The van der Waals surface area contributed by atoms with Gasteiger partial charge < -0.3 is 16.0 Å². The molecule has 5 rings (SSSR count). The summed E-state index contributed by atoms with van der Waals surface area (Å²) in [6, 6.07) is 9.19. The maximum atomic E-state index is 14.9. The fraction of sp³-hybridized carbons (Fsp3) is 0.304. The molecule has 1 atom stereocenters. The summed E-state index contributed by atoms with van der Waals surface area (Å²) < 4.78 is 16.7. The van der Waals surface area contributed by atoms with Crippen LogP contribution in [0.15, 0.2) is 42.9 Å². The van der Waals surface area contributed by atoms with E-state index in [2.05, 4.69) is 27.2 Å². The number of hydrogen-bond donors (Lipinski definition) is 2. The molecule has 1 fully saturated rings. The van der Waals surface area contributed by atoms with Crippen LogP contribution in [-0.4, -0.2) is 45.4 Å². The van der Waals surface area contributed by atoms with Gasteiger partial charge in [0.2, 0.25) is 0 Å². The van der Waals surface area contributed by atoms with Crippen LogP contribution in [0.2, 0.25) is 5.02 Å². The standard InChI is InChI=1S/C23H24ClFN6/c1-30-9-3-4-15(30)7-8-28-14-10-16(21-17(24)5-2-6-18(21)25)22-19(11-14)31-13-27-12-20(31)23(26)29-22/h2,5-6,10-13,15,28H,3-4,7-9H2,1H3,(H2,26,29). The van der Waals surface area contributed by atoms with E-state index in [1.54, 1.807) is 24.7 Å². The molecule has 4 aromatic rings. The number of imidazole rings is 1. The smallest absolute Gasteiger partial charge is 0.150 e. The van der Waals surface area contributed by atoms with Crippen LogP contribution < -0.4 is 11.1 Å². The molecule has 6 nitrogen and oxygen atoms in total. The first kappa shape index (κ1) is 20.0. The number of nitrogen functional groups attached to an aromatic ring is 1. The molecule has 0 spiro atoms. The van der Waals surface area contributed by atoms with Crippen molar-refractivity contribution in [3.8, 4) is 11.1 Å². The second-order valence-corrected chi connectivity index (χ2v) is 8.53. The van der Waals surface area contributed by atoms with Gasteiger partial charge in [-0.05, 0) is 57.1 Å². The highest BCUT2D eigenvalue weighted by molar-refractivity contribution is 6.33. The molecule has 3 N–H and O–H groups in total. The third-order valence-electron chi connectivity index (χ3n) is 6.19. The van der Waals surface area contributed by atoms with Crippen molar-refractivity contribution in [1.29, 1.82) is 0 Å². The Kier molecular flexibility index (Phi) is 5.16. The number of aromatic nitrogens is 3. The lowest BCUT2D eigenvalue weighted by molar-refractivity contribution is 0.301. The fourth-order valence-corrected chi connectivity index (χ4v) is 4.81. The van der Waals surface area contributed by atoms with E-state index < -0.39 is 5.82 Å². The topological polar surface area (TPSA) is 71.5 Å². The van der Waals surface area contributed by atoms with Crippen LogP contribution in [0.4, 0.5) is 15.9 Å². The lowest BCUT2D eigenvalue weighted by Crippen LogP contribution is -2.26. The summed E-state index contributed by atoms with van der Waals surface area (Å²) in [5.74, 6) is -0.0617. The normalized spacial score (nSPS) is 17.1. The van der Waals surface area contributed by atoms with E-state index in [4.69, 9.17) is 17.3 Å². The highest BCUT2D eigenvalue weighted by atomic mass is 35.5. The Morgan fingerprint density at radius 1 is 1.29 bits per heavy atom. The lowest BCUT2D eigenvalue weighted by atomic mass is 10.0. The number of anilines is 2. The molecule has 160 valence electrons. The van der Waals surface area contributed by atoms with E-state index in [0.29, 0.717) is 39.0 Å². The van der Waals surface area contributed by atoms with Crippen LogP contribution in [0.1, 0.15) is 19.3 Å². The molecule has 31 heavy (non-hydrogen) atoms. The van der Waals surface area contributed by atoms with Gasteiger partial charge in [0, 0.05) is 29.4 Å². The average molecular weight is 439 g/mol. The number of halogens is 2. The second kappa shape index (κ2) is 7.98. The van der Waals surface area contributed by atoms with E-state index in [1.807, 2.05) is 16.5 Å². The first-order chi connectivity index (χ1) is 15.0. The van der Waals surface area contributed by atoms with Crippen molar-refractivity contribution < 1.29 is 4.39 Å². The predicted octanol–water partition coefficient (Wildman–Crippen LogP) is 4.82. The van der Waals surface area contributed by atoms with Gasteiger partial charge in [-0.2, -0.15) is 0 Å². The molecule has 1 aliphatic heterocycles. The van der Waals surface area contributed by atoms with Crippen LogP contribution >= 0.6 is 11.6 Å². The summed E-state index contributed by atoms with van der Waals surface area (Å²) in [5, 5.41) is 3.85. The van der Waals surface area contributed by atoms with Crippen molar-refractivity contribution in [2.75, 3.05) is 31.2 Å². The SMILES string of the molecule is CN1CCCC1CCNc1cc(-c2c(F)cccc2Cl)c2nc(N)c3cncn3c2c1. The summed E-state index contributed by atoms with van der Waals surface area (Å²) in [4.78, 5) is 11.2. The third-order valence-corrected chi connectivity index (χ3v) is 6.51. The molecule has 0 aliphatic carbocycles. The first-order valence-corrected chi connectivity index (χ1v) is 10.8. The highest BCUT2D eigenvalue weighted by Crippen LogP contribution is 2.38. The van der Waals surface area contributed by atoms with Gasteiger partial charge in [0.05, 0.1) is 28.6 Å². The Morgan fingerprint density at radius 3 is 2.94 bits per heavy atom. The Morgan fingerprint density at radius 2 is 2.16 bits per heavy atom. The summed E-state index contributed by atoms with van der Waals surface area (Å²) >= 11 is 6.42. The summed E-state index contributed by atoms with van der Waals surface area (Å²) in [6.45, 7) is 1.97. The number of nitrogens with zero attached hydrogens (tertiary/aromatic N) is 4. The van der Waals surface area contributed by atoms with E-state index in [1.165, 1.54) is 18.9 Å². The molecular weight excluding hydrogens is 415 g/mol. The molecule has 2 aromatic carbocycles. The van der Waals surface area contributed by atoms with E-state index in [9.17, 15) is 4.39 Å². The number of rotatable bonds is 5. The van der Waals surface area contributed by atoms with Crippen molar-refractivity contribution >= 4 is 39.7 Å². The average Bonchev–Trinajstić information content (AvgIpc) is 3.39. The molecule has 1 saturated heterocycles. The predicted molar refractivity (Wildman–Crippen MR) is 124 cm³/mol. The first-order valence-electron chi connectivity index (χ1n) is 10.5. The van der Waals surface area contributed by atoms with Crippen molar-refractivity contribution in [2.45, 2.75) is 25.3 Å². The maximum absolute atomic E-state index is 14.9. The van der Waals surface area contributed by atoms with E-state index in [0.717, 1.165) is 30.7 Å². The van der Waals surface area contributed by atoms with Gasteiger partial charge in [-0.3, -0.25) is 4.40 Å². The van der Waals surface area contributed by atoms with Gasteiger partial charge >= 0.3 is 0 Å². The van der Waals surface area contributed by atoms with Crippen LogP contribution in [0.5, 0.6) is 0 Å². The highest BCUT2D eigenvalue weighted by Gasteiger charge is 2.21. The molecule has 3 heterocycles. The second-order valence-electron chi connectivity index (χ2n) is 8.13. The van der Waals surface area contributed by atoms with Gasteiger partial charge in [0.25, 0.3) is 0 Å². The van der Waals surface area contributed by atoms with Crippen molar-refractivity contribution in [2.24, 2.45) is 0 Å². The minimum atomic E-state index is -0.398. The van der Waals surface area contributed by atoms with E-state index >= 15 is 0 Å². The number of nitrogens with one attached hydrogen (secondary N) is 1. The molecule has 1 unspecified atom stereocenters. The zero-order valence-corrected chi connectivity index (χ0v) is 18.0. The Labute approximate surface area is 184 Å². The number of likely N-dealkylation sites (tertiary alicyclic amines) is 1. The quantitative estimate of drug-likeness (QED) is 0.467. The molecule has 0 amide bonds. The van der Waals surface area contributed by atoms with Crippen LogP contribution in [0.25, 0.3) is 27.7 Å². The van der Waals surface area contributed by atoms with Gasteiger partial charge in [0.15, 0.2) is 0 Å². The largest absolute Gasteiger partial charge is 0.385 e. The summed E-state index contributed by atoms with van der Waals surface area (Å²) in [6.07, 6.45) is 6.89. The molecular formula is C23H24ClFN6.